The molecule has 2 aromatic rings. The number of amides is 3. The maximum Gasteiger partial charge on any atom is 0.328 e. The third-order valence-corrected chi connectivity index (χ3v) is 3.96. The summed E-state index contributed by atoms with van der Waals surface area (Å²) >= 11 is 0. The average Bonchev–Trinajstić information content (AvgIpc) is 2.72. The topological polar surface area (TPSA) is 96.5 Å². The second kappa shape index (κ2) is 11.4. The molecule has 2 rings (SSSR count). The first-order valence-corrected chi connectivity index (χ1v) is 9.24. The summed E-state index contributed by atoms with van der Waals surface area (Å²) in [5.41, 5.74) is 1.59. The highest BCUT2D eigenvalue weighted by atomic mass is 19.1. The molecule has 3 N–H and O–H groups in total. The number of nitrogens with one attached hydrogen (secondary N) is 3. The summed E-state index contributed by atoms with van der Waals surface area (Å²) in [4.78, 5) is 36.1. The zero-order valence-corrected chi connectivity index (χ0v) is 16.1. The normalized spacial score (nSPS) is 11.2. The Hall–Kier alpha value is -3.42. The molecule has 0 aliphatic heterocycles. The van der Waals surface area contributed by atoms with Crippen molar-refractivity contribution < 1.29 is 23.5 Å². The van der Waals surface area contributed by atoms with Gasteiger partial charge in [0.05, 0.1) is 13.2 Å². The van der Waals surface area contributed by atoms with Crippen molar-refractivity contribution >= 4 is 17.9 Å². The molecule has 29 heavy (non-hydrogen) atoms. The van der Waals surface area contributed by atoms with Crippen LogP contribution >= 0.6 is 0 Å². The molecule has 0 saturated carbocycles. The molecule has 2 aromatic carbocycles. The van der Waals surface area contributed by atoms with Gasteiger partial charge in [-0.15, -0.1) is 0 Å². The fourth-order valence-electron chi connectivity index (χ4n) is 2.54. The SMILES string of the molecule is CCOC(=O)C(Cc1ccccc1)NC(=O)CNC(=O)NCc1ccc(F)cc1. The number of carbonyl (C=O) groups excluding carboxylic acids is 3. The van der Waals surface area contributed by atoms with Crippen molar-refractivity contribution in [3.05, 3.63) is 71.5 Å². The second-order valence-corrected chi connectivity index (χ2v) is 6.22. The highest BCUT2D eigenvalue weighted by molar-refractivity contribution is 5.88. The minimum atomic E-state index is -0.853. The molecule has 0 heterocycles. The third-order valence-electron chi connectivity index (χ3n) is 3.96. The molecule has 0 spiro atoms. The summed E-state index contributed by atoms with van der Waals surface area (Å²) in [6.07, 6.45) is 0.280. The van der Waals surface area contributed by atoms with Crippen LogP contribution in [0.15, 0.2) is 54.6 Å². The monoisotopic (exact) mass is 401 g/mol. The standard InChI is InChI=1S/C21H24FN3O4/c1-2-29-20(27)18(12-15-6-4-3-5-7-15)25-19(26)14-24-21(28)23-13-16-8-10-17(22)11-9-16/h3-11,18H,2,12-14H2,1H3,(H,25,26)(H2,23,24,28). The summed E-state index contributed by atoms with van der Waals surface area (Å²) in [5, 5.41) is 7.57. The summed E-state index contributed by atoms with van der Waals surface area (Å²) in [7, 11) is 0. The van der Waals surface area contributed by atoms with E-state index in [0.717, 1.165) is 11.1 Å². The Kier molecular flexibility index (Phi) is 8.62. The van der Waals surface area contributed by atoms with Crippen molar-refractivity contribution in [2.75, 3.05) is 13.2 Å². The highest BCUT2D eigenvalue weighted by Crippen LogP contribution is 2.05. The molecule has 0 fully saturated rings. The van der Waals surface area contributed by atoms with E-state index >= 15 is 0 Å². The van der Waals surface area contributed by atoms with Crippen LogP contribution < -0.4 is 16.0 Å². The Balaban J connectivity index is 1.81. The van der Waals surface area contributed by atoms with E-state index < -0.39 is 23.9 Å². The molecule has 3 amide bonds. The molecule has 154 valence electrons. The number of halogens is 1. The lowest BCUT2D eigenvalue weighted by molar-refractivity contribution is -0.147. The van der Waals surface area contributed by atoms with E-state index in [-0.39, 0.29) is 31.9 Å². The Labute approximate surface area is 168 Å². The van der Waals surface area contributed by atoms with Gasteiger partial charge in [0, 0.05) is 13.0 Å². The Bertz CT molecular complexity index is 812. The highest BCUT2D eigenvalue weighted by Gasteiger charge is 2.22. The predicted octanol–water partition coefficient (Wildman–Crippen LogP) is 1.92. The molecule has 0 radical (unpaired) electrons. The summed E-state index contributed by atoms with van der Waals surface area (Å²) < 4.78 is 17.9. The smallest absolute Gasteiger partial charge is 0.328 e. The number of rotatable bonds is 9. The Morgan fingerprint density at radius 2 is 1.66 bits per heavy atom. The Morgan fingerprint density at radius 1 is 0.966 bits per heavy atom. The molecule has 0 aromatic heterocycles. The van der Waals surface area contributed by atoms with Gasteiger partial charge < -0.3 is 20.7 Å². The maximum atomic E-state index is 12.9. The van der Waals surface area contributed by atoms with Crippen LogP contribution in [0, 0.1) is 5.82 Å². The first-order chi connectivity index (χ1) is 14.0. The molecule has 0 aliphatic carbocycles. The third kappa shape index (κ3) is 8.00. The van der Waals surface area contributed by atoms with Crippen molar-refractivity contribution in [2.24, 2.45) is 0 Å². The van der Waals surface area contributed by atoms with Crippen molar-refractivity contribution in [2.45, 2.75) is 25.9 Å². The van der Waals surface area contributed by atoms with E-state index in [0.29, 0.717) is 0 Å². The number of carbonyl (C=O) groups is 3. The maximum absolute atomic E-state index is 12.9. The van der Waals surface area contributed by atoms with Crippen LogP contribution in [0.5, 0.6) is 0 Å². The van der Waals surface area contributed by atoms with E-state index in [4.69, 9.17) is 4.74 Å². The summed E-state index contributed by atoms with van der Waals surface area (Å²) in [6, 6.07) is 13.5. The molecular weight excluding hydrogens is 377 g/mol. The molecule has 7 nitrogen and oxygen atoms in total. The van der Waals surface area contributed by atoms with Crippen LogP contribution in [0.4, 0.5) is 9.18 Å². The summed E-state index contributed by atoms with van der Waals surface area (Å²) in [5.74, 6) is -1.41. The largest absolute Gasteiger partial charge is 0.464 e. The molecule has 8 heteroatoms. The minimum Gasteiger partial charge on any atom is -0.464 e. The van der Waals surface area contributed by atoms with Crippen LogP contribution in [-0.2, 0) is 27.3 Å². The first-order valence-electron chi connectivity index (χ1n) is 9.24. The van der Waals surface area contributed by atoms with Crippen molar-refractivity contribution in [1.82, 2.24) is 16.0 Å². The van der Waals surface area contributed by atoms with E-state index in [1.54, 1.807) is 19.1 Å². The molecule has 0 bridgehead atoms. The predicted molar refractivity (Wildman–Crippen MR) is 105 cm³/mol. The lowest BCUT2D eigenvalue weighted by Crippen LogP contribution is -2.48. The average molecular weight is 401 g/mol. The number of urea groups is 1. The first kappa shape index (κ1) is 21.9. The van der Waals surface area contributed by atoms with Gasteiger partial charge in [0.25, 0.3) is 0 Å². The minimum absolute atomic E-state index is 0.188. The number of esters is 1. The van der Waals surface area contributed by atoms with E-state index in [1.807, 2.05) is 30.3 Å². The van der Waals surface area contributed by atoms with Gasteiger partial charge in [-0.05, 0) is 30.2 Å². The molecular formula is C21H24FN3O4. The van der Waals surface area contributed by atoms with Gasteiger partial charge in [0.15, 0.2) is 0 Å². The van der Waals surface area contributed by atoms with Crippen LogP contribution in [0.3, 0.4) is 0 Å². The number of ether oxygens (including phenoxy) is 1. The van der Waals surface area contributed by atoms with Crippen molar-refractivity contribution in [3.8, 4) is 0 Å². The molecule has 1 atom stereocenters. The molecule has 0 saturated heterocycles. The fourth-order valence-corrected chi connectivity index (χ4v) is 2.54. The van der Waals surface area contributed by atoms with Crippen molar-refractivity contribution in [1.29, 1.82) is 0 Å². The van der Waals surface area contributed by atoms with E-state index in [2.05, 4.69) is 16.0 Å². The summed E-state index contributed by atoms with van der Waals surface area (Å²) in [6.45, 7) is 1.77. The van der Waals surface area contributed by atoms with Crippen molar-refractivity contribution in [3.63, 3.8) is 0 Å². The van der Waals surface area contributed by atoms with Crippen LogP contribution in [-0.4, -0.2) is 37.1 Å². The zero-order valence-electron chi connectivity index (χ0n) is 16.1. The van der Waals surface area contributed by atoms with Gasteiger partial charge in [-0.2, -0.15) is 0 Å². The van der Waals surface area contributed by atoms with Gasteiger partial charge in [0.1, 0.15) is 11.9 Å². The second-order valence-electron chi connectivity index (χ2n) is 6.22. The van der Waals surface area contributed by atoms with E-state index in [1.165, 1.54) is 12.1 Å². The quantitative estimate of drug-likeness (QED) is 0.560. The van der Waals surface area contributed by atoms with E-state index in [9.17, 15) is 18.8 Å². The fraction of sp³-hybridized carbons (Fsp3) is 0.286. The lowest BCUT2D eigenvalue weighted by Gasteiger charge is -2.17. The van der Waals surface area contributed by atoms with Gasteiger partial charge >= 0.3 is 12.0 Å². The number of benzene rings is 2. The van der Waals surface area contributed by atoms with Crippen LogP contribution in [0.2, 0.25) is 0 Å². The molecule has 0 aliphatic rings. The van der Waals surface area contributed by atoms with Crippen LogP contribution in [0.1, 0.15) is 18.1 Å². The van der Waals surface area contributed by atoms with Gasteiger partial charge in [0.2, 0.25) is 5.91 Å². The van der Waals surface area contributed by atoms with Gasteiger partial charge in [-0.1, -0.05) is 42.5 Å². The molecule has 1 unspecified atom stereocenters. The Morgan fingerprint density at radius 3 is 2.31 bits per heavy atom. The number of hydrogen-bond acceptors (Lipinski definition) is 4. The lowest BCUT2D eigenvalue weighted by atomic mass is 10.1. The van der Waals surface area contributed by atoms with Crippen LogP contribution in [0.25, 0.3) is 0 Å². The van der Waals surface area contributed by atoms with Gasteiger partial charge in [-0.25, -0.2) is 14.0 Å². The number of hydrogen-bond donors (Lipinski definition) is 3. The van der Waals surface area contributed by atoms with Gasteiger partial charge in [-0.3, -0.25) is 4.79 Å². The zero-order chi connectivity index (χ0) is 21.1.